The van der Waals surface area contributed by atoms with Crippen molar-refractivity contribution in [1.29, 1.82) is 0 Å². The van der Waals surface area contributed by atoms with Gasteiger partial charge in [0.2, 0.25) is 0 Å². The predicted molar refractivity (Wildman–Crippen MR) is 87.7 cm³/mol. The first-order valence-electron chi connectivity index (χ1n) is 6.98. The van der Waals surface area contributed by atoms with Gasteiger partial charge in [-0.1, -0.05) is 29.0 Å². The number of hydrogen-bond donors (Lipinski definition) is 2. The van der Waals surface area contributed by atoms with Crippen LogP contribution in [-0.2, 0) is 0 Å². The van der Waals surface area contributed by atoms with Gasteiger partial charge in [-0.25, -0.2) is 9.50 Å². The Morgan fingerprint density at radius 2 is 2.20 bits per heavy atom. The van der Waals surface area contributed by atoms with Gasteiger partial charge in [0.1, 0.15) is 16.1 Å². The number of halogens is 4. The highest BCUT2D eigenvalue weighted by Gasteiger charge is 2.40. The molecule has 0 saturated carbocycles. The second-order valence-electron chi connectivity index (χ2n) is 5.03. The number of amides is 1. The van der Waals surface area contributed by atoms with Crippen LogP contribution in [0.1, 0.15) is 9.80 Å². The van der Waals surface area contributed by atoms with Crippen LogP contribution in [0.2, 0.25) is 4.34 Å². The third-order valence-corrected chi connectivity index (χ3v) is 4.65. The molecule has 6 nitrogen and oxygen atoms in total. The van der Waals surface area contributed by atoms with Crippen LogP contribution in [0.4, 0.5) is 13.2 Å². The topological polar surface area (TPSA) is 85.3 Å². The zero-order chi connectivity index (χ0) is 18.2. The summed E-state index contributed by atoms with van der Waals surface area (Å²) in [6, 6.07) is 3.22. The summed E-state index contributed by atoms with van der Waals surface area (Å²) < 4.78 is 40.0. The van der Waals surface area contributed by atoms with E-state index in [1.807, 2.05) is 5.32 Å². The minimum Gasteiger partial charge on any atom is -0.337 e. The van der Waals surface area contributed by atoms with E-state index in [9.17, 15) is 18.0 Å². The lowest BCUT2D eigenvalue weighted by Gasteiger charge is -2.18. The van der Waals surface area contributed by atoms with Gasteiger partial charge in [-0.3, -0.25) is 4.79 Å². The summed E-state index contributed by atoms with van der Waals surface area (Å²) in [6.45, 7) is -0.769. The van der Waals surface area contributed by atoms with Crippen molar-refractivity contribution in [2.75, 3.05) is 6.54 Å². The minimum atomic E-state index is -4.64. The molecule has 3 aromatic heterocycles. The Bertz CT molecular complexity index is 923. The van der Waals surface area contributed by atoms with Crippen molar-refractivity contribution < 1.29 is 18.0 Å². The van der Waals surface area contributed by atoms with Gasteiger partial charge in [-0.15, -0.1) is 0 Å². The molecule has 0 radical (unpaired) electrons. The molecule has 0 bridgehead atoms. The molecule has 0 aromatic carbocycles. The second kappa shape index (κ2) is 6.62. The Kier molecular flexibility index (Phi) is 4.67. The number of rotatable bonds is 4. The fraction of sp³-hybridized carbons (Fsp3) is 0.214. The summed E-state index contributed by atoms with van der Waals surface area (Å²) in [7, 11) is 0. The maximum atomic E-state index is 12.7. The van der Waals surface area contributed by atoms with Gasteiger partial charge in [0.05, 0.1) is 11.7 Å². The van der Waals surface area contributed by atoms with Crippen LogP contribution in [0.15, 0.2) is 30.6 Å². The number of carbonyl (C=O) groups excluding carboxylic acids is 1. The van der Waals surface area contributed by atoms with Crippen molar-refractivity contribution in [3.05, 3.63) is 39.9 Å². The molecular weight excluding hydrogens is 379 g/mol. The highest BCUT2D eigenvalue weighted by molar-refractivity contribution is 7.18. The van der Waals surface area contributed by atoms with Crippen molar-refractivity contribution >= 4 is 34.4 Å². The monoisotopic (exact) mass is 389 g/mol. The van der Waals surface area contributed by atoms with Crippen molar-refractivity contribution in [3.63, 3.8) is 0 Å². The molecule has 1 amide bonds. The molecule has 3 rings (SSSR count). The summed E-state index contributed by atoms with van der Waals surface area (Å²) >= 11 is 6.92. The van der Waals surface area contributed by atoms with Gasteiger partial charge in [0.25, 0.3) is 5.91 Å². The minimum absolute atomic E-state index is 0.181. The molecule has 0 aliphatic heterocycles. The van der Waals surface area contributed by atoms with Crippen LogP contribution in [0, 0.1) is 0 Å². The van der Waals surface area contributed by atoms with Crippen LogP contribution >= 0.6 is 22.9 Å². The largest absolute Gasteiger partial charge is 0.409 e. The van der Waals surface area contributed by atoms with Gasteiger partial charge < -0.3 is 11.1 Å². The van der Waals surface area contributed by atoms with Gasteiger partial charge in [0.15, 0.2) is 5.01 Å². The fourth-order valence-electron chi connectivity index (χ4n) is 2.18. The maximum absolute atomic E-state index is 12.7. The first kappa shape index (κ1) is 17.6. The van der Waals surface area contributed by atoms with E-state index < -0.39 is 24.7 Å². The molecule has 3 aromatic rings. The normalized spacial score (nSPS) is 13.2. The van der Waals surface area contributed by atoms with E-state index in [0.29, 0.717) is 11.1 Å². The molecule has 3 N–H and O–H groups in total. The maximum Gasteiger partial charge on any atom is 0.409 e. The Hall–Kier alpha value is -2.17. The molecule has 0 aliphatic carbocycles. The average molecular weight is 390 g/mol. The van der Waals surface area contributed by atoms with Crippen LogP contribution in [0.25, 0.3) is 16.8 Å². The number of nitrogens with two attached hydrogens (primary N) is 1. The van der Waals surface area contributed by atoms with Crippen molar-refractivity contribution in [2.45, 2.75) is 12.2 Å². The molecule has 25 heavy (non-hydrogen) atoms. The second-order valence-corrected chi connectivity index (χ2v) is 6.63. The lowest BCUT2D eigenvalue weighted by Crippen LogP contribution is -2.49. The Labute approximate surface area is 148 Å². The first-order valence-corrected chi connectivity index (χ1v) is 8.17. The van der Waals surface area contributed by atoms with E-state index in [1.165, 1.54) is 6.20 Å². The van der Waals surface area contributed by atoms with Gasteiger partial charge >= 0.3 is 6.18 Å². The van der Waals surface area contributed by atoms with Crippen LogP contribution < -0.4 is 11.1 Å². The smallest absolute Gasteiger partial charge is 0.337 e. The average Bonchev–Trinajstić information content (AvgIpc) is 3.14. The van der Waals surface area contributed by atoms with E-state index in [1.54, 1.807) is 28.9 Å². The van der Waals surface area contributed by atoms with Crippen LogP contribution in [-0.4, -0.2) is 39.3 Å². The summed E-state index contributed by atoms with van der Waals surface area (Å²) in [4.78, 5) is 16.1. The Morgan fingerprint density at radius 3 is 2.88 bits per heavy atom. The zero-order valence-electron chi connectivity index (χ0n) is 12.4. The van der Waals surface area contributed by atoms with Crippen molar-refractivity contribution in [2.24, 2.45) is 5.73 Å². The number of carbonyl (C=O) groups is 1. The predicted octanol–water partition coefficient (Wildman–Crippen LogP) is 2.73. The van der Waals surface area contributed by atoms with Crippen LogP contribution in [0.5, 0.6) is 0 Å². The fourth-order valence-corrected chi connectivity index (χ4v) is 3.25. The Morgan fingerprint density at radius 1 is 1.44 bits per heavy atom. The summed E-state index contributed by atoms with van der Waals surface area (Å²) in [6.07, 6.45) is -1.39. The third-order valence-electron chi connectivity index (χ3n) is 3.40. The number of nitrogens with zero attached hydrogens (tertiary/aromatic N) is 3. The van der Waals surface area contributed by atoms with E-state index in [0.717, 1.165) is 11.3 Å². The van der Waals surface area contributed by atoms with E-state index in [-0.39, 0.29) is 15.0 Å². The number of pyridine rings is 1. The molecule has 132 valence electrons. The highest BCUT2D eigenvalue weighted by Crippen LogP contribution is 2.35. The van der Waals surface area contributed by atoms with Crippen LogP contribution in [0.3, 0.4) is 0 Å². The number of thiazole rings is 1. The Balaban J connectivity index is 1.91. The first-order chi connectivity index (χ1) is 11.8. The molecule has 0 spiro atoms. The summed E-state index contributed by atoms with van der Waals surface area (Å²) in [5, 5.41) is 5.78. The van der Waals surface area contributed by atoms with Crippen molar-refractivity contribution in [3.8, 4) is 11.3 Å². The van der Waals surface area contributed by atoms with Gasteiger partial charge in [-0.05, 0) is 12.1 Å². The number of hydrogen-bond acceptors (Lipinski definition) is 5. The van der Waals surface area contributed by atoms with E-state index >= 15 is 0 Å². The standard InChI is InChI=1S/C14H11ClF3N5OS/c15-11-10(7-6-20-23-4-2-1-3-8(7)23)22-13(25-11)12(24)21-9(5-19)14(16,17)18/h1-4,6,9H,5,19H2,(H,21,24)/t9-/m1/s1. The van der Waals surface area contributed by atoms with Gasteiger partial charge in [-0.2, -0.15) is 18.3 Å². The molecule has 0 unspecified atom stereocenters. The molecule has 0 saturated heterocycles. The van der Waals surface area contributed by atoms with E-state index in [4.69, 9.17) is 17.3 Å². The zero-order valence-corrected chi connectivity index (χ0v) is 14.0. The molecule has 0 fully saturated rings. The van der Waals surface area contributed by atoms with Crippen molar-refractivity contribution in [1.82, 2.24) is 19.9 Å². The molecule has 1 atom stereocenters. The SMILES string of the molecule is NC[C@@H](NC(=O)c1nc(-c2cnn3ccccc23)c(Cl)s1)C(F)(F)F. The molecular formula is C14H11ClF3N5OS. The summed E-state index contributed by atoms with van der Waals surface area (Å²) in [5.74, 6) is -0.984. The highest BCUT2D eigenvalue weighted by atomic mass is 35.5. The molecule has 11 heteroatoms. The molecule has 0 aliphatic rings. The number of nitrogens with one attached hydrogen (secondary N) is 1. The number of fused-ring (bicyclic) bond motifs is 1. The lowest BCUT2D eigenvalue weighted by atomic mass is 10.2. The number of aromatic nitrogens is 3. The molecule has 3 heterocycles. The lowest BCUT2D eigenvalue weighted by molar-refractivity contribution is -0.150. The number of alkyl halides is 3. The summed E-state index contributed by atoms with van der Waals surface area (Å²) in [5.41, 5.74) is 6.64. The van der Waals surface area contributed by atoms with Gasteiger partial charge in [0, 0.05) is 18.3 Å². The van der Waals surface area contributed by atoms with E-state index in [2.05, 4.69) is 10.1 Å². The third kappa shape index (κ3) is 3.46. The quantitative estimate of drug-likeness (QED) is 0.718.